The molecule has 0 aromatic heterocycles. The van der Waals surface area contributed by atoms with Crippen LogP contribution in [-0.2, 0) is 9.68 Å². The van der Waals surface area contributed by atoms with E-state index in [4.69, 9.17) is 10.6 Å². The van der Waals surface area contributed by atoms with Crippen molar-refractivity contribution in [3.63, 3.8) is 0 Å². The number of rotatable bonds is 8. The van der Waals surface area contributed by atoms with Crippen molar-refractivity contribution in [2.24, 2.45) is 28.4 Å². The van der Waals surface area contributed by atoms with Crippen molar-refractivity contribution in [1.29, 1.82) is 0 Å². The van der Waals surface area contributed by atoms with Crippen molar-refractivity contribution in [2.45, 2.75) is 58.5 Å². The molecule has 2 fully saturated rings. The van der Waals surface area contributed by atoms with Gasteiger partial charge in [-0.3, -0.25) is 0 Å². The Labute approximate surface area is 141 Å². The highest BCUT2D eigenvalue weighted by Gasteiger charge is 2.54. The zero-order chi connectivity index (χ0) is 18.0. The molecule has 24 heavy (non-hydrogen) atoms. The standard InChI is InChI=1S/C15H27N3O6/c1-11-5-12-7-14(2,3-4-16)10-15(6-11,8-12)13(24-18(21)22)9-23-17(19)20/h11-13H,3-10,16H2,1-2H3. The summed E-state index contributed by atoms with van der Waals surface area (Å²) in [6.07, 6.45) is 4.28. The van der Waals surface area contributed by atoms with Crippen LogP contribution in [0.1, 0.15) is 52.4 Å². The van der Waals surface area contributed by atoms with Crippen molar-refractivity contribution in [2.75, 3.05) is 13.2 Å². The summed E-state index contributed by atoms with van der Waals surface area (Å²) in [5.41, 5.74) is 5.27. The van der Waals surface area contributed by atoms with Crippen LogP contribution >= 0.6 is 0 Å². The van der Waals surface area contributed by atoms with Gasteiger partial charge < -0.3 is 15.4 Å². The second-order valence-corrected chi connectivity index (χ2v) is 8.04. The minimum Gasteiger partial charge on any atom is -0.330 e. The Morgan fingerprint density at radius 1 is 1.25 bits per heavy atom. The fraction of sp³-hybridized carbons (Fsp3) is 1.00. The van der Waals surface area contributed by atoms with Crippen LogP contribution in [0.15, 0.2) is 0 Å². The Hall–Kier alpha value is -1.64. The number of fused-ring (bicyclic) bond motifs is 2. The van der Waals surface area contributed by atoms with E-state index in [1.807, 2.05) is 0 Å². The third-order valence-corrected chi connectivity index (χ3v) is 5.72. The Kier molecular flexibility index (Phi) is 5.52. The first-order valence-electron chi connectivity index (χ1n) is 8.46. The van der Waals surface area contributed by atoms with Crippen LogP contribution in [0.4, 0.5) is 0 Å². The van der Waals surface area contributed by atoms with Crippen molar-refractivity contribution in [3.8, 4) is 0 Å². The fourth-order valence-electron chi connectivity index (χ4n) is 5.47. The predicted molar refractivity (Wildman–Crippen MR) is 84.8 cm³/mol. The maximum atomic E-state index is 11.0. The first-order chi connectivity index (χ1) is 11.2. The van der Waals surface area contributed by atoms with Crippen molar-refractivity contribution >= 4 is 0 Å². The summed E-state index contributed by atoms with van der Waals surface area (Å²) in [5.74, 6) is 0.840. The zero-order valence-corrected chi connectivity index (χ0v) is 14.3. The lowest BCUT2D eigenvalue weighted by Crippen LogP contribution is -2.53. The van der Waals surface area contributed by atoms with Crippen LogP contribution in [0.2, 0.25) is 0 Å². The van der Waals surface area contributed by atoms with Crippen LogP contribution in [0.25, 0.3) is 0 Å². The van der Waals surface area contributed by atoms with Gasteiger partial charge in [0.2, 0.25) is 0 Å². The summed E-state index contributed by atoms with van der Waals surface area (Å²) < 4.78 is 0. The van der Waals surface area contributed by atoms with Gasteiger partial charge in [0.05, 0.1) is 0 Å². The molecule has 0 aliphatic heterocycles. The molecule has 5 unspecified atom stereocenters. The summed E-state index contributed by atoms with van der Waals surface area (Å²) in [7, 11) is 0. The third-order valence-electron chi connectivity index (χ3n) is 5.72. The molecule has 0 saturated heterocycles. The van der Waals surface area contributed by atoms with Crippen LogP contribution in [0, 0.1) is 42.9 Å². The number of hydrogen-bond acceptors (Lipinski definition) is 7. The monoisotopic (exact) mass is 345 g/mol. The molecule has 2 saturated carbocycles. The largest absolute Gasteiger partial charge is 0.330 e. The molecule has 138 valence electrons. The van der Waals surface area contributed by atoms with Crippen LogP contribution < -0.4 is 5.73 Å². The highest BCUT2D eigenvalue weighted by Crippen LogP contribution is 2.59. The van der Waals surface area contributed by atoms with Gasteiger partial charge in [0.1, 0.15) is 12.7 Å². The smallest absolute Gasteiger partial charge is 0.294 e. The topological polar surface area (TPSA) is 131 Å². The number of hydrogen-bond donors (Lipinski definition) is 1. The Morgan fingerprint density at radius 2 is 1.96 bits per heavy atom. The van der Waals surface area contributed by atoms with Crippen LogP contribution in [-0.4, -0.2) is 29.4 Å². The Balaban J connectivity index is 2.30. The molecule has 0 radical (unpaired) electrons. The van der Waals surface area contributed by atoms with Gasteiger partial charge in [0.15, 0.2) is 0 Å². The summed E-state index contributed by atoms with van der Waals surface area (Å²) >= 11 is 0. The molecule has 9 nitrogen and oxygen atoms in total. The third kappa shape index (κ3) is 4.25. The summed E-state index contributed by atoms with van der Waals surface area (Å²) in [6, 6.07) is 0. The van der Waals surface area contributed by atoms with Gasteiger partial charge >= 0.3 is 0 Å². The molecule has 0 aromatic carbocycles. The van der Waals surface area contributed by atoms with Gasteiger partial charge in [-0.1, -0.05) is 13.8 Å². The van der Waals surface area contributed by atoms with Gasteiger partial charge in [-0.25, -0.2) is 0 Å². The molecule has 2 N–H and O–H groups in total. The van der Waals surface area contributed by atoms with Gasteiger partial charge in [0, 0.05) is 0 Å². The first-order valence-corrected chi connectivity index (χ1v) is 8.46. The molecule has 0 spiro atoms. The van der Waals surface area contributed by atoms with E-state index in [1.54, 1.807) is 0 Å². The summed E-state index contributed by atoms with van der Waals surface area (Å²) in [6.45, 7) is 4.44. The SMILES string of the molecule is CC1CC2CC(C)(CCN)CC(C(CO[N+](=O)[O-])O[N+](=O)[O-])(C1)C2. The minimum atomic E-state index is -0.930. The molecular formula is C15H27N3O6. The van der Waals surface area contributed by atoms with Gasteiger partial charge in [-0.05, 0) is 67.7 Å². The molecule has 0 aromatic rings. The molecule has 0 heterocycles. The maximum absolute atomic E-state index is 11.0. The second kappa shape index (κ2) is 7.08. The van der Waals surface area contributed by atoms with E-state index in [9.17, 15) is 20.2 Å². The summed E-state index contributed by atoms with van der Waals surface area (Å²) in [5, 5.41) is 19.8. The lowest BCUT2D eigenvalue weighted by molar-refractivity contribution is -0.794. The molecular weight excluding hydrogens is 318 g/mol. The Morgan fingerprint density at radius 3 is 2.54 bits per heavy atom. The zero-order valence-electron chi connectivity index (χ0n) is 14.3. The fourth-order valence-corrected chi connectivity index (χ4v) is 5.47. The summed E-state index contributed by atoms with van der Waals surface area (Å²) in [4.78, 5) is 30.9. The highest BCUT2D eigenvalue weighted by molar-refractivity contribution is 5.03. The second-order valence-electron chi connectivity index (χ2n) is 8.04. The van der Waals surface area contributed by atoms with Crippen molar-refractivity contribution in [1.82, 2.24) is 0 Å². The van der Waals surface area contributed by atoms with E-state index in [0.717, 1.165) is 38.5 Å². The maximum Gasteiger partial charge on any atom is 0.294 e. The van der Waals surface area contributed by atoms with Crippen LogP contribution in [0.3, 0.4) is 0 Å². The first kappa shape index (κ1) is 18.7. The molecule has 2 bridgehead atoms. The lowest BCUT2D eigenvalue weighted by Gasteiger charge is -2.56. The van der Waals surface area contributed by atoms with Gasteiger partial charge in [0.25, 0.3) is 10.2 Å². The normalized spacial score (nSPS) is 36.6. The molecule has 2 aliphatic carbocycles. The van der Waals surface area contributed by atoms with E-state index >= 15 is 0 Å². The molecule has 0 amide bonds. The van der Waals surface area contributed by atoms with Gasteiger partial charge in [-0.2, -0.15) is 0 Å². The predicted octanol–water partition coefficient (Wildman–Crippen LogP) is 2.34. The van der Waals surface area contributed by atoms with E-state index < -0.39 is 28.3 Å². The minimum absolute atomic E-state index is 0.0232. The molecule has 5 atom stereocenters. The average Bonchev–Trinajstić information content (AvgIpc) is 2.40. The van der Waals surface area contributed by atoms with Crippen molar-refractivity contribution < 1.29 is 19.8 Å². The molecule has 9 heteroatoms. The highest BCUT2D eigenvalue weighted by atomic mass is 17.0. The van der Waals surface area contributed by atoms with Crippen LogP contribution in [0.5, 0.6) is 0 Å². The quantitative estimate of drug-likeness (QED) is 0.527. The molecule has 2 aliphatic rings. The van der Waals surface area contributed by atoms with E-state index in [1.165, 1.54) is 0 Å². The van der Waals surface area contributed by atoms with E-state index in [2.05, 4.69) is 18.7 Å². The van der Waals surface area contributed by atoms with Gasteiger partial charge in [-0.15, -0.1) is 20.2 Å². The van der Waals surface area contributed by atoms with E-state index in [-0.39, 0.29) is 5.41 Å². The molecule has 2 rings (SSSR count). The lowest BCUT2D eigenvalue weighted by atomic mass is 9.50. The average molecular weight is 345 g/mol. The van der Waals surface area contributed by atoms with E-state index in [0.29, 0.717) is 18.4 Å². The Bertz CT molecular complexity index is 486. The van der Waals surface area contributed by atoms with Crippen molar-refractivity contribution in [3.05, 3.63) is 20.2 Å². The number of nitrogens with two attached hydrogens (primary N) is 1. The number of nitrogens with zero attached hydrogens (tertiary/aromatic N) is 2.